The Balaban J connectivity index is 2.47. The largest absolute Gasteiger partial charge is 0.480 e. The summed E-state index contributed by atoms with van der Waals surface area (Å²) in [7, 11) is 0. The molecule has 0 spiro atoms. The van der Waals surface area contributed by atoms with Gasteiger partial charge in [0.25, 0.3) is 0 Å². The van der Waals surface area contributed by atoms with Crippen LogP contribution in [0.5, 0.6) is 0 Å². The Morgan fingerprint density at radius 1 is 0.743 bits per heavy atom. The number of carboxylic acids is 4. The first-order valence-corrected chi connectivity index (χ1v) is 11.2. The Morgan fingerprint density at radius 3 is 1.63 bits per heavy atom. The quantitative estimate of drug-likeness (QED) is 0.268. The molecular weight excluding hydrogens is 462 g/mol. The molecule has 0 aliphatic carbocycles. The van der Waals surface area contributed by atoms with Gasteiger partial charge in [0, 0.05) is 51.9 Å². The van der Waals surface area contributed by atoms with Crippen molar-refractivity contribution in [3.8, 4) is 0 Å². The van der Waals surface area contributed by atoms with Crippen LogP contribution in [0.3, 0.4) is 0 Å². The predicted octanol–water partition coefficient (Wildman–Crippen LogP) is -1.43. The smallest absolute Gasteiger partial charge is 0.335 e. The van der Waals surface area contributed by atoms with Gasteiger partial charge >= 0.3 is 23.9 Å². The van der Waals surface area contributed by atoms with Crippen molar-refractivity contribution in [3.05, 3.63) is 35.9 Å². The molecule has 13 nitrogen and oxygen atoms in total. The summed E-state index contributed by atoms with van der Waals surface area (Å²) < 4.78 is 0. The van der Waals surface area contributed by atoms with Gasteiger partial charge in [-0.3, -0.25) is 34.0 Å². The summed E-state index contributed by atoms with van der Waals surface area (Å²) in [6, 6.07) is 8.34. The SMILES string of the molecule is NC(C(=O)O)N1CCN(CC(=O)O)CCN(CC(=O)O)CCN(CC(=O)O)CC1c1ccccc1. The van der Waals surface area contributed by atoms with Crippen molar-refractivity contribution in [1.82, 2.24) is 19.6 Å². The van der Waals surface area contributed by atoms with E-state index < -0.39 is 36.1 Å². The molecule has 1 aliphatic rings. The highest BCUT2D eigenvalue weighted by molar-refractivity contribution is 5.73. The van der Waals surface area contributed by atoms with Gasteiger partial charge in [0.2, 0.25) is 0 Å². The van der Waals surface area contributed by atoms with Crippen molar-refractivity contribution >= 4 is 23.9 Å². The summed E-state index contributed by atoms with van der Waals surface area (Å²) in [6.45, 7) is 0.376. The van der Waals surface area contributed by atoms with Crippen LogP contribution < -0.4 is 5.73 Å². The Morgan fingerprint density at radius 2 is 1.17 bits per heavy atom. The molecule has 1 aliphatic heterocycles. The third kappa shape index (κ3) is 9.58. The molecule has 0 saturated carbocycles. The summed E-state index contributed by atoms with van der Waals surface area (Å²) in [5.41, 5.74) is 6.78. The highest BCUT2D eigenvalue weighted by Crippen LogP contribution is 2.24. The van der Waals surface area contributed by atoms with Gasteiger partial charge < -0.3 is 26.2 Å². The second kappa shape index (κ2) is 13.7. The summed E-state index contributed by atoms with van der Waals surface area (Å²) in [5.74, 6) is -4.45. The van der Waals surface area contributed by atoms with E-state index in [1.54, 1.807) is 45.0 Å². The highest BCUT2D eigenvalue weighted by atomic mass is 16.4. The van der Waals surface area contributed by atoms with Gasteiger partial charge in [-0.15, -0.1) is 0 Å². The van der Waals surface area contributed by atoms with Crippen molar-refractivity contribution in [2.24, 2.45) is 5.73 Å². The molecule has 1 saturated heterocycles. The molecule has 1 aromatic carbocycles. The van der Waals surface area contributed by atoms with E-state index in [1.165, 1.54) is 4.90 Å². The number of carboxylic acid groups (broad SMARTS) is 4. The number of hydrogen-bond donors (Lipinski definition) is 5. The highest BCUT2D eigenvalue weighted by Gasteiger charge is 2.32. The normalized spacial score (nSPS) is 20.9. The maximum absolute atomic E-state index is 11.9. The lowest BCUT2D eigenvalue weighted by molar-refractivity contribution is -0.146. The van der Waals surface area contributed by atoms with Crippen molar-refractivity contribution in [2.45, 2.75) is 12.2 Å². The summed E-state index contributed by atoms with van der Waals surface area (Å²) in [4.78, 5) is 52.6. The number of hydrogen-bond acceptors (Lipinski definition) is 9. The van der Waals surface area contributed by atoms with Gasteiger partial charge in [-0.2, -0.15) is 0 Å². The van der Waals surface area contributed by atoms with E-state index in [9.17, 15) is 39.6 Å². The van der Waals surface area contributed by atoms with Crippen LogP contribution >= 0.6 is 0 Å². The molecule has 0 bridgehead atoms. The van der Waals surface area contributed by atoms with Gasteiger partial charge in [-0.1, -0.05) is 30.3 Å². The minimum absolute atomic E-state index is 0.0974. The standard InChI is InChI=1S/C22H33N5O8/c23-21(22(34)35)27-11-10-25(14-19(30)31)7-6-24(13-18(28)29)8-9-26(15-20(32)33)12-17(27)16-4-2-1-3-5-16/h1-5,17,21H,6-15,23H2,(H,28,29)(H,30,31)(H,32,33)(H,34,35). The molecular formula is C22H33N5O8. The first kappa shape index (κ1) is 28.1. The second-order valence-electron chi connectivity index (χ2n) is 8.42. The number of aliphatic carboxylic acids is 4. The zero-order valence-electron chi connectivity index (χ0n) is 19.4. The molecule has 1 heterocycles. The monoisotopic (exact) mass is 495 g/mol. The molecule has 2 rings (SSSR count). The fraction of sp³-hybridized carbons (Fsp3) is 0.545. The molecule has 0 aromatic heterocycles. The summed E-state index contributed by atoms with van der Waals surface area (Å²) >= 11 is 0. The number of nitrogens with zero attached hydrogens (tertiary/aromatic N) is 4. The lowest BCUT2D eigenvalue weighted by atomic mass is 10.0. The van der Waals surface area contributed by atoms with Crippen LogP contribution in [-0.2, 0) is 19.2 Å². The Hall–Kier alpha value is -3.10. The van der Waals surface area contributed by atoms with Crippen molar-refractivity contribution in [3.63, 3.8) is 0 Å². The van der Waals surface area contributed by atoms with Crippen LogP contribution in [0.2, 0.25) is 0 Å². The third-order valence-corrected chi connectivity index (χ3v) is 5.84. The number of carbonyl (C=O) groups is 4. The fourth-order valence-corrected chi connectivity index (χ4v) is 4.12. The average molecular weight is 496 g/mol. The Kier molecular flexibility index (Phi) is 11.0. The summed E-state index contributed by atoms with van der Waals surface area (Å²) in [6.07, 6.45) is -1.41. The molecule has 1 fully saturated rings. The lowest BCUT2D eigenvalue weighted by Crippen LogP contribution is -2.55. The Labute approximate surface area is 202 Å². The molecule has 13 heteroatoms. The minimum atomic E-state index is -1.41. The molecule has 0 radical (unpaired) electrons. The number of nitrogens with two attached hydrogens (primary N) is 1. The molecule has 1 aromatic rings. The van der Waals surface area contributed by atoms with Gasteiger partial charge in [-0.05, 0) is 5.56 Å². The predicted molar refractivity (Wildman–Crippen MR) is 124 cm³/mol. The van der Waals surface area contributed by atoms with Gasteiger partial charge in [0.05, 0.1) is 19.6 Å². The first-order chi connectivity index (χ1) is 16.6. The van der Waals surface area contributed by atoms with Gasteiger partial charge in [0.1, 0.15) is 0 Å². The van der Waals surface area contributed by atoms with Gasteiger partial charge in [-0.25, -0.2) is 4.79 Å². The summed E-state index contributed by atoms with van der Waals surface area (Å²) in [5, 5.41) is 37.8. The van der Waals surface area contributed by atoms with Crippen LogP contribution in [0.1, 0.15) is 11.6 Å². The minimum Gasteiger partial charge on any atom is -0.480 e. The number of benzene rings is 1. The van der Waals surface area contributed by atoms with E-state index in [0.717, 1.165) is 5.56 Å². The van der Waals surface area contributed by atoms with E-state index in [-0.39, 0.29) is 65.4 Å². The average Bonchev–Trinajstić information content (AvgIpc) is 2.77. The fourth-order valence-electron chi connectivity index (χ4n) is 4.12. The molecule has 35 heavy (non-hydrogen) atoms. The topological polar surface area (TPSA) is 188 Å². The van der Waals surface area contributed by atoms with Crippen molar-refractivity contribution in [1.29, 1.82) is 0 Å². The van der Waals surface area contributed by atoms with Crippen LogP contribution in [0.4, 0.5) is 0 Å². The van der Waals surface area contributed by atoms with E-state index in [2.05, 4.69) is 0 Å². The molecule has 2 atom stereocenters. The van der Waals surface area contributed by atoms with Gasteiger partial charge in [0.15, 0.2) is 6.17 Å². The maximum Gasteiger partial charge on any atom is 0.335 e. The maximum atomic E-state index is 11.9. The lowest BCUT2D eigenvalue weighted by Gasteiger charge is -2.39. The van der Waals surface area contributed by atoms with Crippen molar-refractivity contribution < 1.29 is 39.6 Å². The third-order valence-electron chi connectivity index (χ3n) is 5.84. The van der Waals surface area contributed by atoms with E-state index in [1.807, 2.05) is 0 Å². The second-order valence-corrected chi connectivity index (χ2v) is 8.42. The van der Waals surface area contributed by atoms with Crippen LogP contribution in [0.15, 0.2) is 30.3 Å². The molecule has 2 unspecified atom stereocenters. The zero-order chi connectivity index (χ0) is 26.0. The van der Waals surface area contributed by atoms with Crippen molar-refractivity contribution in [2.75, 3.05) is 65.4 Å². The zero-order valence-corrected chi connectivity index (χ0v) is 19.4. The number of rotatable bonds is 9. The van der Waals surface area contributed by atoms with E-state index in [4.69, 9.17) is 5.73 Å². The molecule has 0 amide bonds. The van der Waals surface area contributed by atoms with Crippen LogP contribution in [0, 0.1) is 0 Å². The van der Waals surface area contributed by atoms with E-state index >= 15 is 0 Å². The van der Waals surface area contributed by atoms with Crippen LogP contribution in [-0.4, -0.2) is 136 Å². The molecule has 194 valence electrons. The first-order valence-electron chi connectivity index (χ1n) is 11.2. The van der Waals surface area contributed by atoms with Crippen LogP contribution in [0.25, 0.3) is 0 Å². The molecule has 6 N–H and O–H groups in total. The van der Waals surface area contributed by atoms with E-state index in [0.29, 0.717) is 0 Å². The Bertz CT molecular complexity index is 871.